The summed E-state index contributed by atoms with van der Waals surface area (Å²) in [7, 11) is 0. The van der Waals surface area contributed by atoms with E-state index in [2.05, 4.69) is 25.2 Å². The number of aromatic nitrogens is 6. The number of hydrogen-bond acceptors (Lipinski definition) is 5. The first-order chi connectivity index (χ1) is 13.2. The largest absolute Gasteiger partial charge is 0.299 e. The van der Waals surface area contributed by atoms with Crippen LogP contribution in [-0.4, -0.2) is 47.8 Å². The summed E-state index contributed by atoms with van der Waals surface area (Å²) in [6.45, 7) is 2.57. The van der Waals surface area contributed by atoms with Gasteiger partial charge in [-0.25, -0.2) is 18.9 Å². The Morgan fingerprint density at radius 1 is 1.26 bits per heavy atom. The van der Waals surface area contributed by atoms with Gasteiger partial charge in [-0.3, -0.25) is 10.00 Å². The second-order valence-corrected chi connectivity index (χ2v) is 7.31. The van der Waals surface area contributed by atoms with Crippen LogP contribution in [-0.2, 0) is 6.54 Å². The van der Waals surface area contributed by atoms with Gasteiger partial charge in [0.15, 0.2) is 17.1 Å². The third-order valence-electron chi connectivity index (χ3n) is 5.17. The monoisotopic (exact) mass is 385 g/mol. The fourth-order valence-electron chi connectivity index (χ4n) is 3.67. The van der Waals surface area contributed by atoms with Crippen LogP contribution in [0.1, 0.15) is 30.1 Å². The molecular weight excluding hydrogens is 369 g/mol. The number of halogens is 2. The second kappa shape index (κ2) is 6.54. The number of piperidine rings is 1. The number of H-pyrrole nitrogens is 1. The van der Waals surface area contributed by atoms with Gasteiger partial charge in [-0.05, 0) is 43.6 Å². The van der Waals surface area contributed by atoms with E-state index >= 15 is 0 Å². The van der Waals surface area contributed by atoms with Crippen molar-refractivity contribution in [3.05, 3.63) is 53.0 Å². The number of fused-ring (bicyclic) bond motifs is 3. The predicted molar refractivity (Wildman–Crippen MR) is 99.1 cm³/mol. The molecule has 4 aromatic rings. The highest BCUT2D eigenvalue weighted by Gasteiger charge is 2.25. The summed E-state index contributed by atoms with van der Waals surface area (Å²) < 4.78 is 14.9. The van der Waals surface area contributed by atoms with Crippen LogP contribution in [0.4, 0.5) is 4.39 Å². The van der Waals surface area contributed by atoms with Crippen molar-refractivity contribution in [3.63, 3.8) is 0 Å². The smallest absolute Gasteiger partial charge is 0.170 e. The second-order valence-electron chi connectivity index (χ2n) is 6.90. The molecule has 0 radical (unpaired) electrons. The Balaban J connectivity index is 1.31. The summed E-state index contributed by atoms with van der Waals surface area (Å²) in [5.41, 5.74) is 2.45. The van der Waals surface area contributed by atoms with Crippen LogP contribution in [0.15, 0.2) is 30.7 Å². The van der Waals surface area contributed by atoms with E-state index in [-0.39, 0.29) is 5.82 Å². The normalized spacial score (nSPS) is 16.5. The lowest BCUT2D eigenvalue weighted by Gasteiger charge is -2.30. The number of rotatable bonds is 3. The van der Waals surface area contributed by atoms with E-state index in [1.165, 1.54) is 12.1 Å². The number of aromatic amines is 1. The first kappa shape index (κ1) is 16.6. The Morgan fingerprint density at radius 2 is 2.11 bits per heavy atom. The molecular formula is C18H17ClFN7. The molecule has 0 unspecified atom stereocenters. The molecule has 1 aromatic carbocycles. The van der Waals surface area contributed by atoms with Crippen molar-refractivity contribution >= 4 is 28.3 Å². The third-order valence-corrected chi connectivity index (χ3v) is 5.52. The maximum absolute atomic E-state index is 13.2. The highest BCUT2D eigenvalue weighted by Crippen LogP contribution is 2.28. The fraction of sp³-hybridized carbons (Fsp3) is 0.333. The molecule has 3 aromatic heterocycles. The third kappa shape index (κ3) is 3.04. The van der Waals surface area contributed by atoms with Gasteiger partial charge in [0.05, 0.1) is 11.6 Å². The minimum atomic E-state index is -0.304. The van der Waals surface area contributed by atoms with Crippen LogP contribution in [0.5, 0.6) is 0 Å². The summed E-state index contributed by atoms with van der Waals surface area (Å²) in [6, 6.07) is 4.59. The SMILES string of the molecule is Fc1ccc(CN2CCC(c3nc4c5cn[nH]c5ncn4n3)CC2)c(Cl)c1. The molecule has 0 saturated carbocycles. The van der Waals surface area contributed by atoms with Gasteiger partial charge in [-0.2, -0.15) is 5.10 Å². The average Bonchev–Trinajstić information content (AvgIpc) is 3.30. The summed E-state index contributed by atoms with van der Waals surface area (Å²) >= 11 is 6.15. The quantitative estimate of drug-likeness (QED) is 0.586. The Hall–Kier alpha value is -2.58. The van der Waals surface area contributed by atoms with E-state index in [1.54, 1.807) is 23.1 Å². The molecule has 138 valence electrons. The molecule has 5 rings (SSSR count). The Bertz CT molecular complexity index is 1110. The number of nitrogens with zero attached hydrogens (tertiary/aromatic N) is 6. The lowest BCUT2D eigenvalue weighted by Crippen LogP contribution is -2.32. The summed E-state index contributed by atoms with van der Waals surface area (Å²) in [5.74, 6) is 0.860. The predicted octanol–water partition coefficient (Wildman–Crippen LogP) is 3.17. The van der Waals surface area contributed by atoms with Crippen molar-refractivity contribution in [2.75, 3.05) is 13.1 Å². The molecule has 0 amide bonds. The topological polar surface area (TPSA) is 75.0 Å². The van der Waals surface area contributed by atoms with Gasteiger partial charge < -0.3 is 0 Å². The molecule has 27 heavy (non-hydrogen) atoms. The van der Waals surface area contributed by atoms with Crippen molar-refractivity contribution in [3.8, 4) is 0 Å². The minimum Gasteiger partial charge on any atom is -0.299 e. The van der Waals surface area contributed by atoms with E-state index in [0.717, 1.165) is 54.9 Å². The maximum Gasteiger partial charge on any atom is 0.170 e. The number of benzene rings is 1. The van der Waals surface area contributed by atoms with Crippen LogP contribution >= 0.6 is 11.6 Å². The van der Waals surface area contributed by atoms with Gasteiger partial charge in [-0.15, -0.1) is 5.10 Å². The zero-order valence-corrected chi connectivity index (χ0v) is 15.2. The fourth-order valence-corrected chi connectivity index (χ4v) is 3.90. The first-order valence-electron chi connectivity index (χ1n) is 8.88. The van der Waals surface area contributed by atoms with Gasteiger partial charge in [-0.1, -0.05) is 17.7 Å². The molecule has 0 atom stereocenters. The lowest BCUT2D eigenvalue weighted by molar-refractivity contribution is 0.202. The maximum atomic E-state index is 13.2. The molecule has 1 N–H and O–H groups in total. The van der Waals surface area contributed by atoms with Gasteiger partial charge in [0.2, 0.25) is 0 Å². The Kier molecular flexibility index (Phi) is 4.02. The highest BCUT2D eigenvalue weighted by atomic mass is 35.5. The zero-order chi connectivity index (χ0) is 18.4. The van der Waals surface area contributed by atoms with Crippen molar-refractivity contribution in [1.82, 2.24) is 34.7 Å². The summed E-state index contributed by atoms with van der Waals surface area (Å²) in [5, 5.41) is 12.9. The summed E-state index contributed by atoms with van der Waals surface area (Å²) in [6.07, 6.45) is 5.33. The molecule has 7 nitrogen and oxygen atoms in total. The summed E-state index contributed by atoms with van der Waals surface area (Å²) in [4.78, 5) is 11.4. The molecule has 1 fully saturated rings. The van der Waals surface area contributed by atoms with Crippen molar-refractivity contribution in [1.29, 1.82) is 0 Å². The molecule has 9 heteroatoms. The van der Waals surface area contributed by atoms with Crippen LogP contribution in [0.3, 0.4) is 0 Å². The van der Waals surface area contributed by atoms with E-state index in [1.807, 2.05) is 0 Å². The van der Waals surface area contributed by atoms with Crippen LogP contribution < -0.4 is 0 Å². The number of likely N-dealkylation sites (tertiary alicyclic amines) is 1. The lowest BCUT2D eigenvalue weighted by atomic mass is 9.96. The zero-order valence-electron chi connectivity index (χ0n) is 14.4. The van der Waals surface area contributed by atoms with E-state index in [0.29, 0.717) is 16.6 Å². The van der Waals surface area contributed by atoms with Crippen LogP contribution in [0, 0.1) is 5.82 Å². The van der Waals surface area contributed by atoms with E-state index < -0.39 is 0 Å². The van der Waals surface area contributed by atoms with Gasteiger partial charge in [0, 0.05) is 17.5 Å². The van der Waals surface area contributed by atoms with Crippen molar-refractivity contribution in [2.45, 2.75) is 25.3 Å². The molecule has 1 aliphatic rings. The van der Waals surface area contributed by atoms with Crippen LogP contribution in [0.2, 0.25) is 5.02 Å². The van der Waals surface area contributed by atoms with Gasteiger partial charge in [0.1, 0.15) is 12.1 Å². The standard InChI is InChI=1S/C18H17ClFN7/c19-15-7-13(20)2-1-12(15)9-26-5-3-11(4-6-26)16-23-18-14-8-22-24-17(14)21-10-27(18)25-16/h1-2,7-8,10-11H,3-6,9H2,(H,22,24). The van der Waals surface area contributed by atoms with E-state index in [9.17, 15) is 4.39 Å². The molecule has 4 heterocycles. The first-order valence-corrected chi connectivity index (χ1v) is 9.26. The van der Waals surface area contributed by atoms with Gasteiger partial charge in [0.25, 0.3) is 0 Å². The molecule has 1 aliphatic heterocycles. The molecule has 0 bridgehead atoms. The number of hydrogen-bond donors (Lipinski definition) is 1. The molecule has 0 aliphatic carbocycles. The molecule has 1 saturated heterocycles. The minimum absolute atomic E-state index is 0.304. The van der Waals surface area contributed by atoms with Crippen molar-refractivity contribution in [2.24, 2.45) is 0 Å². The Labute approximate surface area is 159 Å². The molecule has 0 spiro atoms. The Morgan fingerprint density at radius 3 is 2.93 bits per heavy atom. The average molecular weight is 386 g/mol. The highest BCUT2D eigenvalue weighted by molar-refractivity contribution is 6.31. The van der Waals surface area contributed by atoms with E-state index in [4.69, 9.17) is 16.6 Å². The van der Waals surface area contributed by atoms with Crippen molar-refractivity contribution < 1.29 is 4.39 Å². The number of nitrogens with one attached hydrogen (secondary N) is 1. The van der Waals surface area contributed by atoms with Crippen LogP contribution in [0.25, 0.3) is 16.7 Å². The van der Waals surface area contributed by atoms with Gasteiger partial charge >= 0.3 is 0 Å².